The summed E-state index contributed by atoms with van der Waals surface area (Å²) >= 11 is 0. The lowest BCUT2D eigenvalue weighted by molar-refractivity contribution is -0.150. The molecule has 3 heterocycles. The third-order valence-electron chi connectivity index (χ3n) is 5.82. The first-order valence-corrected chi connectivity index (χ1v) is 12.4. The topological polar surface area (TPSA) is 111 Å². The van der Waals surface area contributed by atoms with Crippen LogP contribution in [0.15, 0.2) is 24.5 Å². The van der Waals surface area contributed by atoms with Crippen LogP contribution < -0.4 is 9.80 Å². The van der Waals surface area contributed by atoms with Gasteiger partial charge >= 0.3 is 11.9 Å². The predicted molar refractivity (Wildman–Crippen MR) is 132 cm³/mol. The third-order valence-corrected chi connectivity index (χ3v) is 5.82. The number of carbonyl (C=O) groups excluding carboxylic acids is 2. The van der Waals surface area contributed by atoms with Gasteiger partial charge in [0.25, 0.3) is 0 Å². The molecule has 0 saturated carbocycles. The van der Waals surface area contributed by atoms with Gasteiger partial charge in [-0.3, -0.25) is 9.59 Å². The number of piperazine rings is 1. The molecule has 190 valence electrons. The Morgan fingerprint density at radius 1 is 0.914 bits per heavy atom. The van der Waals surface area contributed by atoms with Crippen LogP contribution >= 0.6 is 0 Å². The summed E-state index contributed by atoms with van der Waals surface area (Å²) < 4.78 is 10.9. The Balaban J connectivity index is 1.65. The Morgan fingerprint density at radius 3 is 1.94 bits per heavy atom. The van der Waals surface area contributed by atoms with Crippen molar-refractivity contribution >= 4 is 23.6 Å². The molecule has 3 atom stereocenters. The lowest BCUT2D eigenvalue weighted by Gasteiger charge is -2.41. The average Bonchev–Trinajstić information content (AvgIpc) is 2.84. The van der Waals surface area contributed by atoms with Crippen molar-refractivity contribution in [2.75, 3.05) is 29.4 Å². The molecule has 0 radical (unpaired) electrons. The Hall–Kier alpha value is -3.30. The van der Waals surface area contributed by atoms with E-state index in [1.165, 1.54) is 0 Å². The van der Waals surface area contributed by atoms with Crippen molar-refractivity contribution in [3.63, 3.8) is 0 Å². The normalized spacial score (nSPS) is 17.6. The maximum atomic E-state index is 11.9. The van der Waals surface area contributed by atoms with Crippen LogP contribution in [0.2, 0.25) is 0 Å². The summed E-state index contributed by atoms with van der Waals surface area (Å²) in [5.41, 5.74) is 0. The van der Waals surface area contributed by atoms with Crippen molar-refractivity contribution in [2.24, 2.45) is 0 Å². The first kappa shape index (κ1) is 26.3. The van der Waals surface area contributed by atoms with Gasteiger partial charge in [0.15, 0.2) is 23.9 Å². The van der Waals surface area contributed by atoms with Crippen LogP contribution in [0, 0.1) is 0 Å². The van der Waals surface area contributed by atoms with Gasteiger partial charge in [-0.25, -0.2) is 19.9 Å². The molecule has 3 rings (SSSR count). The number of hydrogen-bond acceptors (Lipinski definition) is 10. The van der Waals surface area contributed by atoms with Crippen molar-refractivity contribution in [2.45, 2.75) is 78.6 Å². The monoisotopic (exact) mass is 484 g/mol. The number of nitrogens with zero attached hydrogens (tertiary/aromatic N) is 6. The van der Waals surface area contributed by atoms with Gasteiger partial charge in [-0.1, -0.05) is 13.8 Å². The molecule has 10 heteroatoms. The minimum Gasteiger partial charge on any atom is -0.454 e. The zero-order valence-electron chi connectivity index (χ0n) is 21.3. The van der Waals surface area contributed by atoms with Gasteiger partial charge < -0.3 is 19.3 Å². The summed E-state index contributed by atoms with van der Waals surface area (Å²) in [6.07, 6.45) is 4.66. The zero-order chi connectivity index (χ0) is 25.4. The van der Waals surface area contributed by atoms with Crippen LogP contribution in [-0.2, 0) is 19.1 Å². The molecule has 1 aliphatic heterocycles. The summed E-state index contributed by atoms with van der Waals surface area (Å²) in [6.45, 7) is 11.8. The van der Waals surface area contributed by atoms with Crippen LogP contribution in [0.3, 0.4) is 0 Å². The van der Waals surface area contributed by atoms with Gasteiger partial charge in [0.1, 0.15) is 11.6 Å². The maximum absolute atomic E-state index is 11.9. The Bertz CT molecular complexity index is 1000. The van der Waals surface area contributed by atoms with Crippen LogP contribution in [0.4, 0.5) is 11.6 Å². The smallest absolute Gasteiger partial charge is 0.306 e. The molecular weight excluding hydrogens is 448 g/mol. The SMILES string of the molecule is CCCC(=O)O[C@H](C)c1nccc(N2CCN(c3ccnc([C@@H](C)OC(=O)CCC)n3)[C@H](C)C2)n1. The van der Waals surface area contributed by atoms with E-state index in [-0.39, 0.29) is 18.0 Å². The number of carbonyl (C=O) groups is 2. The summed E-state index contributed by atoms with van der Waals surface area (Å²) in [5, 5.41) is 0. The Morgan fingerprint density at radius 2 is 1.43 bits per heavy atom. The highest BCUT2D eigenvalue weighted by atomic mass is 16.5. The standard InChI is InChI=1S/C25H36N6O4/c1-6-8-22(32)34-18(4)24-26-12-10-20(28-24)30-14-15-31(17(3)16-30)21-11-13-27-25(29-21)19(5)35-23(33)9-7-2/h10-13,17-19H,6-9,14-16H2,1-5H3/t17-,18-,19-/m1/s1. The number of aromatic nitrogens is 4. The molecule has 2 aromatic heterocycles. The van der Waals surface area contributed by atoms with E-state index in [0.29, 0.717) is 24.5 Å². The van der Waals surface area contributed by atoms with Gasteiger partial charge in [0, 0.05) is 50.9 Å². The summed E-state index contributed by atoms with van der Waals surface area (Å²) in [5.74, 6) is 2.12. The van der Waals surface area contributed by atoms with Crippen molar-refractivity contribution < 1.29 is 19.1 Å². The average molecular weight is 485 g/mol. The van der Waals surface area contributed by atoms with E-state index in [0.717, 1.165) is 44.1 Å². The van der Waals surface area contributed by atoms with Gasteiger partial charge in [-0.05, 0) is 45.7 Å². The minimum absolute atomic E-state index is 0.155. The summed E-state index contributed by atoms with van der Waals surface area (Å²) in [6, 6.07) is 3.91. The Labute approximate surface area is 207 Å². The fourth-order valence-corrected chi connectivity index (χ4v) is 3.99. The van der Waals surface area contributed by atoms with E-state index < -0.39 is 12.2 Å². The predicted octanol–water partition coefficient (Wildman–Crippen LogP) is 3.79. The van der Waals surface area contributed by atoms with Crippen molar-refractivity contribution in [1.82, 2.24) is 19.9 Å². The first-order valence-electron chi connectivity index (χ1n) is 12.4. The summed E-state index contributed by atoms with van der Waals surface area (Å²) in [7, 11) is 0. The molecule has 0 bridgehead atoms. The molecule has 1 fully saturated rings. The molecule has 2 aromatic rings. The largest absolute Gasteiger partial charge is 0.454 e. The molecule has 1 aliphatic rings. The van der Waals surface area contributed by atoms with E-state index in [2.05, 4.69) is 36.7 Å². The molecule has 0 aromatic carbocycles. The highest BCUT2D eigenvalue weighted by Gasteiger charge is 2.27. The first-order chi connectivity index (χ1) is 16.8. The molecule has 0 amide bonds. The van der Waals surface area contributed by atoms with Crippen LogP contribution in [0.25, 0.3) is 0 Å². The van der Waals surface area contributed by atoms with Gasteiger partial charge in [0.05, 0.1) is 0 Å². The number of ether oxygens (including phenoxy) is 2. The van der Waals surface area contributed by atoms with E-state index in [9.17, 15) is 9.59 Å². The molecule has 0 unspecified atom stereocenters. The van der Waals surface area contributed by atoms with E-state index in [4.69, 9.17) is 9.47 Å². The van der Waals surface area contributed by atoms with E-state index in [1.807, 2.05) is 26.0 Å². The summed E-state index contributed by atoms with van der Waals surface area (Å²) in [4.78, 5) is 46.1. The van der Waals surface area contributed by atoms with E-state index in [1.54, 1.807) is 26.2 Å². The van der Waals surface area contributed by atoms with Gasteiger partial charge in [-0.2, -0.15) is 0 Å². The maximum Gasteiger partial charge on any atom is 0.306 e. The molecule has 10 nitrogen and oxygen atoms in total. The highest BCUT2D eigenvalue weighted by Crippen LogP contribution is 2.24. The van der Waals surface area contributed by atoms with Gasteiger partial charge in [-0.15, -0.1) is 0 Å². The van der Waals surface area contributed by atoms with Crippen molar-refractivity contribution in [3.8, 4) is 0 Å². The molecule has 0 N–H and O–H groups in total. The molecule has 0 aliphatic carbocycles. The zero-order valence-corrected chi connectivity index (χ0v) is 21.3. The number of rotatable bonds is 10. The van der Waals surface area contributed by atoms with Crippen LogP contribution in [-0.4, -0.2) is 57.6 Å². The minimum atomic E-state index is -0.501. The number of hydrogen-bond donors (Lipinski definition) is 0. The molecular formula is C25H36N6O4. The van der Waals surface area contributed by atoms with Crippen LogP contribution in [0.5, 0.6) is 0 Å². The fourth-order valence-electron chi connectivity index (χ4n) is 3.99. The van der Waals surface area contributed by atoms with Gasteiger partial charge in [0.2, 0.25) is 0 Å². The molecule has 35 heavy (non-hydrogen) atoms. The van der Waals surface area contributed by atoms with Crippen molar-refractivity contribution in [1.29, 1.82) is 0 Å². The Kier molecular flexibility index (Phi) is 9.33. The second-order valence-corrected chi connectivity index (χ2v) is 8.80. The lowest BCUT2D eigenvalue weighted by atomic mass is 10.2. The lowest BCUT2D eigenvalue weighted by Crippen LogP contribution is -2.52. The quantitative estimate of drug-likeness (QED) is 0.462. The van der Waals surface area contributed by atoms with Crippen LogP contribution in [0.1, 0.15) is 84.2 Å². The second kappa shape index (κ2) is 12.4. The number of anilines is 2. The molecule has 0 spiro atoms. The second-order valence-electron chi connectivity index (χ2n) is 8.80. The fraction of sp³-hybridized carbons (Fsp3) is 0.600. The highest BCUT2D eigenvalue weighted by molar-refractivity contribution is 5.69. The third kappa shape index (κ3) is 7.10. The number of esters is 2. The molecule has 1 saturated heterocycles. The van der Waals surface area contributed by atoms with E-state index >= 15 is 0 Å². The van der Waals surface area contributed by atoms with Crippen molar-refractivity contribution in [3.05, 3.63) is 36.2 Å².